The van der Waals surface area contributed by atoms with Gasteiger partial charge in [0.1, 0.15) is 5.82 Å². The van der Waals surface area contributed by atoms with E-state index in [1.54, 1.807) is 0 Å². The lowest BCUT2D eigenvalue weighted by atomic mass is 10.1. The molecule has 0 aromatic carbocycles. The third-order valence-electron chi connectivity index (χ3n) is 1.95. The number of rotatable bonds is 3. The molecular weight excluding hydrogens is 184 g/mol. The number of ether oxygens (including phenoxy) is 1. The van der Waals surface area contributed by atoms with Crippen molar-refractivity contribution in [3.8, 4) is 0 Å². The largest absolute Gasteiger partial charge is 0.384 e. The molecule has 70 valence electrons. The van der Waals surface area contributed by atoms with Crippen LogP contribution in [0, 0.1) is 5.92 Å². The van der Waals surface area contributed by atoms with Gasteiger partial charge in [0.2, 0.25) is 0 Å². The number of nitrogens with two attached hydrogens (primary N) is 1. The summed E-state index contributed by atoms with van der Waals surface area (Å²) in [4.78, 5) is 5.21. The monoisotopic (exact) mass is 196 g/mol. The van der Waals surface area contributed by atoms with Crippen molar-refractivity contribution in [1.82, 2.24) is 4.98 Å². The number of pyridine rings is 1. The predicted octanol–water partition coefficient (Wildman–Crippen LogP) is 1.40. The van der Waals surface area contributed by atoms with E-state index in [1.807, 2.05) is 30.1 Å². The number of hydrogen-bond acceptors (Lipinski definition) is 4. The molecule has 2 N–H and O–H groups in total. The van der Waals surface area contributed by atoms with Crippen LogP contribution in [0.1, 0.15) is 0 Å². The van der Waals surface area contributed by atoms with Gasteiger partial charge in [0.15, 0.2) is 0 Å². The van der Waals surface area contributed by atoms with Crippen molar-refractivity contribution in [3.05, 3.63) is 18.3 Å². The molecule has 1 aliphatic rings. The molecule has 0 bridgehead atoms. The van der Waals surface area contributed by atoms with E-state index in [1.165, 1.54) is 4.90 Å². The Morgan fingerprint density at radius 3 is 2.92 bits per heavy atom. The van der Waals surface area contributed by atoms with Gasteiger partial charge in [0, 0.05) is 22.8 Å². The lowest BCUT2D eigenvalue weighted by molar-refractivity contribution is -0.0196. The lowest BCUT2D eigenvalue weighted by Gasteiger charge is -2.25. The topological polar surface area (TPSA) is 48.1 Å². The first-order valence-electron chi connectivity index (χ1n) is 4.26. The molecule has 0 unspecified atom stereocenters. The normalized spacial score (nSPS) is 16.9. The van der Waals surface area contributed by atoms with Crippen molar-refractivity contribution >= 4 is 17.6 Å². The third-order valence-corrected chi connectivity index (χ3v) is 3.16. The summed E-state index contributed by atoms with van der Waals surface area (Å²) in [6, 6.07) is 3.84. The maximum atomic E-state index is 5.48. The first-order valence-corrected chi connectivity index (χ1v) is 5.25. The van der Waals surface area contributed by atoms with Gasteiger partial charge in [-0.05, 0) is 12.1 Å². The molecule has 1 saturated heterocycles. The molecular formula is C9H12N2OS. The van der Waals surface area contributed by atoms with Gasteiger partial charge in [-0.25, -0.2) is 4.98 Å². The van der Waals surface area contributed by atoms with Crippen molar-refractivity contribution in [1.29, 1.82) is 0 Å². The first kappa shape index (κ1) is 8.84. The van der Waals surface area contributed by atoms with E-state index in [9.17, 15) is 0 Å². The molecule has 1 aromatic rings. The summed E-state index contributed by atoms with van der Waals surface area (Å²) in [5, 5.41) is 0. The first-order chi connectivity index (χ1) is 6.34. The van der Waals surface area contributed by atoms with E-state index in [0.29, 0.717) is 5.82 Å². The lowest BCUT2D eigenvalue weighted by Crippen LogP contribution is -2.29. The summed E-state index contributed by atoms with van der Waals surface area (Å²) >= 11 is 1.81. The van der Waals surface area contributed by atoms with Gasteiger partial charge in [-0.1, -0.05) is 0 Å². The van der Waals surface area contributed by atoms with Gasteiger partial charge in [-0.15, -0.1) is 11.8 Å². The molecule has 2 heterocycles. The molecule has 2 rings (SSSR count). The summed E-state index contributed by atoms with van der Waals surface area (Å²) in [6.07, 6.45) is 1.82. The Morgan fingerprint density at radius 2 is 2.38 bits per heavy atom. The van der Waals surface area contributed by atoms with Crippen LogP contribution in [-0.2, 0) is 4.74 Å². The van der Waals surface area contributed by atoms with Crippen LogP contribution in [0.15, 0.2) is 23.2 Å². The molecule has 0 radical (unpaired) electrons. The van der Waals surface area contributed by atoms with Crippen LogP contribution in [0.3, 0.4) is 0 Å². The van der Waals surface area contributed by atoms with E-state index in [0.717, 1.165) is 24.9 Å². The smallest absolute Gasteiger partial charge is 0.123 e. The maximum absolute atomic E-state index is 5.48. The molecule has 1 aliphatic heterocycles. The van der Waals surface area contributed by atoms with Crippen LogP contribution in [0.2, 0.25) is 0 Å². The van der Waals surface area contributed by atoms with Crippen LogP contribution in [-0.4, -0.2) is 24.0 Å². The second-order valence-electron chi connectivity index (χ2n) is 3.13. The van der Waals surface area contributed by atoms with Crippen molar-refractivity contribution < 1.29 is 4.74 Å². The SMILES string of the molecule is Nc1ccc(SCC2COC2)cn1. The van der Waals surface area contributed by atoms with Gasteiger partial charge < -0.3 is 10.5 Å². The molecule has 4 heteroatoms. The van der Waals surface area contributed by atoms with Crippen molar-refractivity contribution in [2.75, 3.05) is 24.7 Å². The van der Waals surface area contributed by atoms with E-state index in [2.05, 4.69) is 4.98 Å². The minimum atomic E-state index is 0.580. The van der Waals surface area contributed by atoms with Gasteiger partial charge in [0.25, 0.3) is 0 Å². The molecule has 0 spiro atoms. The summed E-state index contributed by atoms with van der Waals surface area (Å²) in [5.41, 5.74) is 5.48. The highest BCUT2D eigenvalue weighted by Crippen LogP contribution is 2.23. The third kappa shape index (κ3) is 2.35. The fourth-order valence-corrected chi connectivity index (χ4v) is 1.98. The summed E-state index contributed by atoms with van der Waals surface area (Å²) in [6.45, 7) is 1.82. The zero-order chi connectivity index (χ0) is 9.10. The number of anilines is 1. The molecule has 0 atom stereocenters. The van der Waals surface area contributed by atoms with Crippen molar-refractivity contribution in [3.63, 3.8) is 0 Å². The van der Waals surface area contributed by atoms with Crippen LogP contribution < -0.4 is 5.73 Å². The molecule has 3 nitrogen and oxygen atoms in total. The second-order valence-corrected chi connectivity index (χ2v) is 4.23. The molecule has 0 saturated carbocycles. The minimum Gasteiger partial charge on any atom is -0.384 e. The Bertz CT molecular complexity index is 271. The van der Waals surface area contributed by atoms with Crippen LogP contribution in [0.25, 0.3) is 0 Å². The quantitative estimate of drug-likeness (QED) is 0.742. The standard InChI is InChI=1S/C9H12N2OS/c10-9-2-1-8(3-11-9)13-6-7-4-12-5-7/h1-3,7H,4-6H2,(H2,10,11). The van der Waals surface area contributed by atoms with E-state index in [-0.39, 0.29) is 0 Å². The Morgan fingerprint density at radius 1 is 1.54 bits per heavy atom. The Labute approximate surface area is 81.7 Å². The average Bonchev–Trinajstić information content (AvgIpc) is 2.05. The van der Waals surface area contributed by atoms with Crippen LogP contribution in [0.4, 0.5) is 5.82 Å². The highest BCUT2D eigenvalue weighted by Gasteiger charge is 2.17. The Balaban J connectivity index is 1.83. The van der Waals surface area contributed by atoms with E-state index >= 15 is 0 Å². The van der Waals surface area contributed by atoms with Crippen LogP contribution >= 0.6 is 11.8 Å². The molecule has 0 amide bonds. The number of thioether (sulfide) groups is 1. The summed E-state index contributed by atoms with van der Waals surface area (Å²) in [5.74, 6) is 2.42. The van der Waals surface area contributed by atoms with E-state index < -0.39 is 0 Å². The Kier molecular flexibility index (Phi) is 2.71. The highest BCUT2D eigenvalue weighted by molar-refractivity contribution is 7.99. The van der Waals surface area contributed by atoms with Crippen molar-refractivity contribution in [2.24, 2.45) is 5.92 Å². The molecule has 0 aliphatic carbocycles. The number of hydrogen-bond donors (Lipinski definition) is 1. The van der Waals surface area contributed by atoms with Gasteiger partial charge >= 0.3 is 0 Å². The van der Waals surface area contributed by atoms with Crippen LogP contribution in [0.5, 0.6) is 0 Å². The number of nitrogens with zero attached hydrogens (tertiary/aromatic N) is 1. The zero-order valence-corrected chi connectivity index (χ0v) is 8.09. The minimum absolute atomic E-state index is 0.580. The molecule has 1 fully saturated rings. The van der Waals surface area contributed by atoms with Gasteiger partial charge in [0.05, 0.1) is 13.2 Å². The van der Waals surface area contributed by atoms with E-state index in [4.69, 9.17) is 10.5 Å². The zero-order valence-electron chi connectivity index (χ0n) is 7.27. The molecule has 13 heavy (non-hydrogen) atoms. The predicted molar refractivity (Wildman–Crippen MR) is 53.7 cm³/mol. The average molecular weight is 196 g/mol. The molecule has 1 aromatic heterocycles. The number of nitrogen functional groups attached to an aromatic ring is 1. The Hall–Kier alpha value is -0.740. The summed E-state index contributed by atoms with van der Waals surface area (Å²) in [7, 11) is 0. The van der Waals surface area contributed by atoms with Gasteiger partial charge in [-0.3, -0.25) is 0 Å². The maximum Gasteiger partial charge on any atom is 0.123 e. The second kappa shape index (κ2) is 3.98. The fraction of sp³-hybridized carbons (Fsp3) is 0.444. The highest BCUT2D eigenvalue weighted by atomic mass is 32.2. The van der Waals surface area contributed by atoms with Gasteiger partial charge in [-0.2, -0.15) is 0 Å². The van der Waals surface area contributed by atoms with Crippen molar-refractivity contribution in [2.45, 2.75) is 4.90 Å². The summed E-state index contributed by atoms with van der Waals surface area (Å²) < 4.78 is 5.09. The fourth-order valence-electron chi connectivity index (χ4n) is 1.07. The number of aromatic nitrogens is 1.